The molecule has 0 unspecified atom stereocenters. The lowest BCUT2D eigenvalue weighted by atomic mass is 10.1. The van der Waals surface area contributed by atoms with Crippen molar-refractivity contribution in [1.29, 1.82) is 0 Å². The molecule has 0 saturated carbocycles. The van der Waals surface area contributed by atoms with Gasteiger partial charge in [-0.1, -0.05) is 53.0 Å². The number of benzene rings is 3. The van der Waals surface area contributed by atoms with E-state index in [1.165, 1.54) is 23.1 Å². The molecule has 2 N–H and O–H groups in total. The molecule has 0 saturated heterocycles. The van der Waals surface area contributed by atoms with Gasteiger partial charge in [-0.05, 0) is 53.6 Å². The Hall–Kier alpha value is -3.76. The number of aliphatic hydroxyl groups excluding tert-OH is 1. The SMILES string of the molecule is O=C(c1cc(-c2cc(Cl)c(O)c(Cl)c2)nnc1OCCc1ccc(Cl)cc1)N(CCO)Cc1ccc2c(c1)OCO2. The number of rotatable bonds is 10. The van der Waals surface area contributed by atoms with Crippen LogP contribution < -0.4 is 14.2 Å². The normalized spacial score (nSPS) is 11.9. The number of nitrogens with zero attached hydrogens (tertiary/aromatic N) is 3. The third-order valence-corrected chi connectivity index (χ3v) is 7.14. The highest BCUT2D eigenvalue weighted by molar-refractivity contribution is 6.37. The lowest BCUT2D eigenvalue weighted by Gasteiger charge is -2.23. The van der Waals surface area contributed by atoms with E-state index in [0.717, 1.165) is 11.1 Å². The fourth-order valence-corrected chi connectivity index (χ4v) is 4.83. The van der Waals surface area contributed by atoms with Gasteiger partial charge in [0.05, 0.1) is 29.0 Å². The van der Waals surface area contributed by atoms with Gasteiger partial charge >= 0.3 is 0 Å². The second-order valence-corrected chi connectivity index (χ2v) is 10.4. The predicted molar refractivity (Wildman–Crippen MR) is 154 cm³/mol. The van der Waals surface area contributed by atoms with E-state index in [9.17, 15) is 15.0 Å². The van der Waals surface area contributed by atoms with Gasteiger partial charge in [0.15, 0.2) is 17.2 Å². The highest BCUT2D eigenvalue weighted by atomic mass is 35.5. The summed E-state index contributed by atoms with van der Waals surface area (Å²) in [6, 6.07) is 17.2. The molecule has 5 rings (SSSR count). The number of phenolic OH excluding ortho intramolecular Hbond substituents is 1. The van der Waals surface area contributed by atoms with Crippen LogP contribution in [0.2, 0.25) is 15.1 Å². The largest absolute Gasteiger partial charge is 0.505 e. The Labute approximate surface area is 250 Å². The summed E-state index contributed by atoms with van der Waals surface area (Å²) < 4.78 is 16.8. The minimum absolute atomic E-state index is 0.0233. The number of fused-ring (bicyclic) bond motifs is 1. The summed E-state index contributed by atoms with van der Waals surface area (Å²) in [7, 11) is 0. The number of halogens is 3. The maximum atomic E-state index is 13.9. The number of hydrogen-bond acceptors (Lipinski definition) is 8. The van der Waals surface area contributed by atoms with Gasteiger partial charge in [-0.15, -0.1) is 10.2 Å². The molecule has 0 fully saturated rings. The molecule has 41 heavy (non-hydrogen) atoms. The van der Waals surface area contributed by atoms with E-state index in [4.69, 9.17) is 49.0 Å². The van der Waals surface area contributed by atoms with E-state index in [-0.39, 0.29) is 66.0 Å². The number of carbonyl (C=O) groups excluding carboxylic acids is 1. The van der Waals surface area contributed by atoms with Gasteiger partial charge in [0.1, 0.15) is 5.56 Å². The van der Waals surface area contributed by atoms with Crippen molar-refractivity contribution in [2.75, 3.05) is 26.6 Å². The molecule has 1 aromatic heterocycles. The number of aliphatic hydroxyl groups is 1. The third kappa shape index (κ3) is 6.77. The molecule has 1 aliphatic heterocycles. The Morgan fingerprint density at radius 3 is 2.37 bits per heavy atom. The number of amides is 1. The molecule has 9 nitrogen and oxygen atoms in total. The Kier molecular flexibility index (Phi) is 8.99. The maximum Gasteiger partial charge on any atom is 0.259 e. The van der Waals surface area contributed by atoms with Crippen molar-refractivity contribution >= 4 is 40.7 Å². The van der Waals surface area contributed by atoms with Gasteiger partial charge in [0.25, 0.3) is 5.91 Å². The summed E-state index contributed by atoms with van der Waals surface area (Å²) >= 11 is 18.2. The van der Waals surface area contributed by atoms with Gasteiger partial charge in [0.2, 0.25) is 12.7 Å². The van der Waals surface area contributed by atoms with Gasteiger partial charge in [-0.2, -0.15) is 0 Å². The van der Waals surface area contributed by atoms with E-state index >= 15 is 0 Å². The lowest BCUT2D eigenvalue weighted by Crippen LogP contribution is -2.33. The standard InChI is InChI=1S/C29H24Cl3N3O6/c30-20-4-1-17(2-5-20)7-10-39-28-21(14-24(33-34-28)19-12-22(31)27(37)23(32)13-19)29(38)35(8-9-36)15-18-3-6-25-26(11-18)41-16-40-25/h1-6,11-14,36-37H,7-10,15-16H2. The second kappa shape index (κ2) is 12.8. The highest BCUT2D eigenvalue weighted by Crippen LogP contribution is 2.37. The van der Waals surface area contributed by atoms with Crippen LogP contribution in [-0.2, 0) is 13.0 Å². The van der Waals surface area contributed by atoms with Crippen molar-refractivity contribution in [2.24, 2.45) is 0 Å². The predicted octanol–water partition coefficient (Wildman–Crippen LogP) is 5.79. The molecule has 0 bridgehead atoms. The molecule has 0 radical (unpaired) electrons. The summed E-state index contributed by atoms with van der Waals surface area (Å²) in [5.41, 5.74) is 2.62. The van der Waals surface area contributed by atoms with Crippen LogP contribution in [0.4, 0.5) is 0 Å². The number of ether oxygens (including phenoxy) is 3. The van der Waals surface area contributed by atoms with Gasteiger partial charge < -0.3 is 29.3 Å². The average molecular weight is 617 g/mol. The Bertz CT molecular complexity index is 1550. The summed E-state index contributed by atoms with van der Waals surface area (Å²) in [4.78, 5) is 15.4. The van der Waals surface area contributed by atoms with Crippen LogP contribution in [0.1, 0.15) is 21.5 Å². The van der Waals surface area contributed by atoms with Crippen LogP contribution in [0.15, 0.2) is 60.7 Å². The molecular formula is C29H24Cl3N3O6. The van der Waals surface area contributed by atoms with Crippen molar-refractivity contribution in [3.05, 3.63) is 92.4 Å². The number of aromatic hydroxyl groups is 1. The minimum atomic E-state index is -0.440. The zero-order valence-electron chi connectivity index (χ0n) is 21.5. The van der Waals surface area contributed by atoms with Crippen LogP contribution in [0, 0.1) is 0 Å². The van der Waals surface area contributed by atoms with E-state index in [0.29, 0.717) is 28.5 Å². The topological polar surface area (TPSA) is 114 Å². The second-order valence-electron chi connectivity index (χ2n) is 9.10. The first-order valence-corrected chi connectivity index (χ1v) is 13.7. The number of aromatic nitrogens is 2. The summed E-state index contributed by atoms with van der Waals surface area (Å²) in [6.07, 6.45) is 0.537. The number of hydrogen-bond donors (Lipinski definition) is 2. The lowest BCUT2D eigenvalue weighted by molar-refractivity contribution is 0.0702. The zero-order chi connectivity index (χ0) is 28.9. The molecule has 0 aliphatic carbocycles. The first-order valence-electron chi connectivity index (χ1n) is 12.5. The maximum absolute atomic E-state index is 13.9. The van der Waals surface area contributed by atoms with Crippen molar-refractivity contribution in [3.8, 4) is 34.4 Å². The molecule has 4 aromatic rings. The fraction of sp³-hybridized carbons (Fsp3) is 0.207. The Morgan fingerprint density at radius 1 is 0.927 bits per heavy atom. The van der Waals surface area contributed by atoms with Gasteiger partial charge in [-0.25, -0.2) is 0 Å². The van der Waals surface area contributed by atoms with E-state index in [2.05, 4.69) is 10.2 Å². The number of carbonyl (C=O) groups is 1. The smallest absolute Gasteiger partial charge is 0.259 e. The van der Waals surface area contributed by atoms with Gasteiger partial charge in [-0.3, -0.25) is 4.79 Å². The summed E-state index contributed by atoms with van der Waals surface area (Å²) in [6.45, 7) is 0.304. The monoisotopic (exact) mass is 615 g/mol. The average Bonchev–Trinajstić information content (AvgIpc) is 3.44. The summed E-state index contributed by atoms with van der Waals surface area (Å²) in [5.74, 6) is 0.530. The molecule has 1 aliphatic rings. The first-order chi connectivity index (χ1) is 19.8. The van der Waals surface area contributed by atoms with Crippen LogP contribution in [0.25, 0.3) is 11.3 Å². The molecule has 1 amide bonds. The molecule has 12 heteroatoms. The van der Waals surface area contributed by atoms with Crippen LogP contribution in [-0.4, -0.2) is 57.8 Å². The molecular weight excluding hydrogens is 593 g/mol. The molecule has 0 atom stereocenters. The van der Waals surface area contributed by atoms with Gasteiger partial charge in [0, 0.05) is 30.1 Å². The summed E-state index contributed by atoms with van der Waals surface area (Å²) in [5, 5.41) is 28.9. The molecule has 3 aromatic carbocycles. The quantitative estimate of drug-likeness (QED) is 0.230. The van der Waals surface area contributed by atoms with E-state index in [1.54, 1.807) is 24.3 Å². The van der Waals surface area contributed by atoms with Crippen LogP contribution in [0.3, 0.4) is 0 Å². The van der Waals surface area contributed by atoms with Crippen molar-refractivity contribution < 1.29 is 29.2 Å². The van der Waals surface area contributed by atoms with Crippen molar-refractivity contribution in [3.63, 3.8) is 0 Å². The molecule has 0 spiro atoms. The van der Waals surface area contributed by atoms with Crippen LogP contribution in [0.5, 0.6) is 23.1 Å². The molecule has 2 heterocycles. The minimum Gasteiger partial charge on any atom is -0.505 e. The third-order valence-electron chi connectivity index (χ3n) is 6.31. The highest BCUT2D eigenvalue weighted by Gasteiger charge is 2.24. The van der Waals surface area contributed by atoms with Crippen LogP contribution >= 0.6 is 34.8 Å². The van der Waals surface area contributed by atoms with E-state index < -0.39 is 5.91 Å². The molecule has 212 valence electrons. The zero-order valence-corrected chi connectivity index (χ0v) is 23.8. The van der Waals surface area contributed by atoms with Crippen molar-refractivity contribution in [2.45, 2.75) is 13.0 Å². The number of phenols is 1. The Morgan fingerprint density at radius 2 is 1.63 bits per heavy atom. The fourth-order valence-electron chi connectivity index (χ4n) is 4.21. The first kappa shape index (κ1) is 28.8. The Balaban J connectivity index is 1.46. The van der Waals surface area contributed by atoms with Crippen molar-refractivity contribution in [1.82, 2.24) is 15.1 Å². The van der Waals surface area contributed by atoms with E-state index in [1.807, 2.05) is 18.2 Å².